The second kappa shape index (κ2) is 8.56. The molecule has 0 unspecified atom stereocenters. The Morgan fingerprint density at radius 3 is 2.52 bits per heavy atom. The molecule has 0 radical (unpaired) electrons. The van der Waals surface area contributed by atoms with Crippen LogP contribution < -0.4 is 4.90 Å². The van der Waals surface area contributed by atoms with Crippen LogP contribution in [-0.2, 0) is 12.8 Å². The molecule has 138 valence electrons. The summed E-state index contributed by atoms with van der Waals surface area (Å²) in [5.41, 5.74) is 2.78. The molecule has 0 spiro atoms. The minimum Gasteiger partial charge on any atom is -0.368 e. The number of anilines is 1. The van der Waals surface area contributed by atoms with Crippen LogP contribution in [-0.4, -0.2) is 37.6 Å². The maximum absolute atomic E-state index is 8.84. The molecule has 1 aliphatic heterocycles. The van der Waals surface area contributed by atoms with Crippen LogP contribution in [0.3, 0.4) is 0 Å². The van der Waals surface area contributed by atoms with Crippen molar-refractivity contribution < 1.29 is 0 Å². The number of nitriles is 1. The van der Waals surface area contributed by atoms with Gasteiger partial charge in [-0.3, -0.25) is 4.90 Å². The standard InChI is InChI=1S/C23H25N3S/c24-12-5-8-20-18-21-22(9-4-10-23(21)27-20)26-16-14-25(15-17-26)13-11-19-6-2-1-3-7-19/h1-4,6-7,9-10,18H,5,8,11,13-17H2. The lowest BCUT2D eigenvalue weighted by Crippen LogP contribution is -2.47. The summed E-state index contributed by atoms with van der Waals surface area (Å²) in [7, 11) is 0. The first kappa shape index (κ1) is 18.0. The molecule has 1 aromatic heterocycles. The number of benzene rings is 2. The summed E-state index contributed by atoms with van der Waals surface area (Å²) in [5.74, 6) is 0. The van der Waals surface area contributed by atoms with Crippen molar-refractivity contribution in [3.8, 4) is 6.07 Å². The Hall–Kier alpha value is -2.35. The number of nitrogens with zero attached hydrogens (tertiary/aromatic N) is 3. The van der Waals surface area contributed by atoms with E-state index >= 15 is 0 Å². The van der Waals surface area contributed by atoms with Crippen molar-refractivity contribution in [3.05, 3.63) is 65.0 Å². The number of hydrogen-bond donors (Lipinski definition) is 0. The van der Waals surface area contributed by atoms with Crippen LogP contribution in [0.1, 0.15) is 16.9 Å². The highest BCUT2D eigenvalue weighted by Crippen LogP contribution is 2.34. The summed E-state index contributed by atoms with van der Waals surface area (Å²) in [6.07, 6.45) is 2.59. The molecule has 27 heavy (non-hydrogen) atoms. The number of thiophene rings is 1. The third-order valence-electron chi connectivity index (χ3n) is 5.35. The van der Waals surface area contributed by atoms with Gasteiger partial charge in [-0.05, 0) is 36.6 Å². The molecular formula is C23H25N3S. The van der Waals surface area contributed by atoms with Gasteiger partial charge in [-0.1, -0.05) is 36.4 Å². The first-order chi connectivity index (χ1) is 13.3. The molecule has 4 heteroatoms. The number of aryl methyl sites for hydroxylation is 1. The zero-order chi connectivity index (χ0) is 18.5. The van der Waals surface area contributed by atoms with E-state index in [2.05, 4.69) is 70.5 Å². The SMILES string of the molecule is N#CCCc1cc2c(N3CCN(CCc4ccccc4)CC3)cccc2s1. The van der Waals surface area contributed by atoms with Crippen molar-refractivity contribution in [2.45, 2.75) is 19.3 Å². The highest BCUT2D eigenvalue weighted by molar-refractivity contribution is 7.19. The number of fused-ring (bicyclic) bond motifs is 1. The summed E-state index contributed by atoms with van der Waals surface area (Å²) in [5, 5.41) is 10.2. The van der Waals surface area contributed by atoms with Gasteiger partial charge in [-0.15, -0.1) is 11.3 Å². The van der Waals surface area contributed by atoms with Gasteiger partial charge in [-0.25, -0.2) is 0 Å². The van der Waals surface area contributed by atoms with Gasteiger partial charge < -0.3 is 4.90 Å². The zero-order valence-electron chi connectivity index (χ0n) is 15.6. The number of hydrogen-bond acceptors (Lipinski definition) is 4. The van der Waals surface area contributed by atoms with Gasteiger partial charge in [0.15, 0.2) is 0 Å². The Morgan fingerprint density at radius 1 is 0.926 bits per heavy atom. The first-order valence-corrected chi connectivity index (χ1v) is 10.5. The summed E-state index contributed by atoms with van der Waals surface area (Å²) in [6, 6.07) is 22.0. The zero-order valence-corrected chi connectivity index (χ0v) is 16.4. The fourth-order valence-electron chi connectivity index (χ4n) is 3.82. The second-order valence-electron chi connectivity index (χ2n) is 7.12. The van der Waals surface area contributed by atoms with Crippen molar-refractivity contribution in [1.82, 2.24) is 4.90 Å². The van der Waals surface area contributed by atoms with E-state index in [9.17, 15) is 0 Å². The topological polar surface area (TPSA) is 30.3 Å². The Balaban J connectivity index is 1.39. The van der Waals surface area contributed by atoms with Crippen molar-refractivity contribution in [2.24, 2.45) is 0 Å². The van der Waals surface area contributed by atoms with Crippen molar-refractivity contribution in [2.75, 3.05) is 37.6 Å². The van der Waals surface area contributed by atoms with Crippen LogP contribution >= 0.6 is 11.3 Å². The molecule has 4 rings (SSSR count). The van der Waals surface area contributed by atoms with Crippen LogP contribution in [0.25, 0.3) is 10.1 Å². The molecule has 1 fully saturated rings. The predicted molar refractivity (Wildman–Crippen MR) is 115 cm³/mol. The number of piperazine rings is 1. The molecule has 3 nitrogen and oxygen atoms in total. The molecule has 3 aromatic rings. The summed E-state index contributed by atoms with van der Waals surface area (Å²) in [6.45, 7) is 5.54. The normalized spacial score (nSPS) is 15.1. The van der Waals surface area contributed by atoms with E-state index in [1.165, 1.54) is 26.2 Å². The van der Waals surface area contributed by atoms with E-state index < -0.39 is 0 Å². The van der Waals surface area contributed by atoms with Gasteiger partial charge in [-0.2, -0.15) is 5.26 Å². The van der Waals surface area contributed by atoms with E-state index in [1.54, 1.807) is 0 Å². The largest absolute Gasteiger partial charge is 0.368 e. The van der Waals surface area contributed by atoms with Crippen LogP contribution in [0.4, 0.5) is 5.69 Å². The minimum atomic E-state index is 0.599. The van der Waals surface area contributed by atoms with Crippen LogP contribution in [0, 0.1) is 11.3 Å². The minimum absolute atomic E-state index is 0.599. The summed E-state index contributed by atoms with van der Waals surface area (Å²) < 4.78 is 1.34. The number of rotatable bonds is 6. The molecular weight excluding hydrogens is 350 g/mol. The fraction of sp³-hybridized carbons (Fsp3) is 0.348. The molecule has 2 aromatic carbocycles. The maximum Gasteiger partial charge on any atom is 0.0625 e. The monoisotopic (exact) mass is 375 g/mol. The Morgan fingerprint density at radius 2 is 1.74 bits per heavy atom. The van der Waals surface area contributed by atoms with Crippen molar-refractivity contribution >= 4 is 27.1 Å². The van der Waals surface area contributed by atoms with Gasteiger partial charge >= 0.3 is 0 Å². The smallest absolute Gasteiger partial charge is 0.0625 e. The van der Waals surface area contributed by atoms with E-state index in [1.807, 2.05) is 11.3 Å². The Bertz CT molecular complexity index is 918. The van der Waals surface area contributed by atoms with E-state index in [0.29, 0.717) is 6.42 Å². The van der Waals surface area contributed by atoms with Crippen LogP contribution in [0.15, 0.2) is 54.6 Å². The Kier molecular flexibility index (Phi) is 5.72. The van der Waals surface area contributed by atoms with Crippen LogP contribution in [0.2, 0.25) is 0 Å². The molecule has 1 saturated heterocycles. The molecule has 0 atom stereocenters. The van der Waals surface area contributed by atoms with Gasteiger partial charge in [0, 0.05) is 59.8 Å². The second-order valence-corrected chi connectivity index (χ2v) is 8.29. The van der Waals surface area contributed by atoms with Crippen molar-refractivity contribution in [1.29, 1.82) is 5.26 Å². The lowest BCUT2D eigenvalue weighted by molar-refractivity contribution is 0.261. The van der Waals surface area contributed by atoms with E-state index in [4.69, 9.17) is 5.26 Å². The highest BCUT2D eigenvalue weighted by atomic mass is 32.1. The third kappa shape index (κ3) is 4.32. The first-order valence-electron chi connectivity index (χ1n) is 9.73. The van der Waals surface area contributed by atoms with Gasteiger partial charge in [0.2, 0.25) is 0 Å². The quantitative estimate of drug-likeness (QED) is 0.624. The fourth-order valence-corrected chi connectivity index (χ4v) is 4.90. The third-order valence-corrected chi connectivity index (χ3v) is 6.51. The maximum atomic E-state index is 8.84. The van der Waals surface area contributed by atoms with Gasteiger partial charge in [0.25, 0.3) is 0 Å². The molecule has 0 saturated carbocycles. The summed E-state index contributed by atoms with van der Waals surface area (Å²) in [4.78, 5) is 6.43. The van der Waals surface area contributed by atoms with Gasteiger partial charge in [0.1, 0.15) is 0 Å². The molecule has 0 aliphatic carbocycles. The van der Waals surface area contributed by atoms with Crippen molar-refractivity contribution in [3.63, 3.8) is 0 Å². The van der Waals surface area contributed by atoms with Gasteiger partial charge in [0.05, 0.1) is 6.07 Å². The average molecular weight is 376 g/mol. The predicted octanol–water partition coefficient (Wildman–Crippen LogP) is 4.72. The molecule has 1 aliphatic rings. The average Bonchev–Trinajstić information content (AvgIpc) is 3.15. The van der Waals surface area contributed by atoms with E-state index in [0.717, 1.165) is 45.6 Å². The lowest BCUT2D eigenvalue weighted by atomic mass is 10.1. The highest BCUT2D eigenvalue weighted by Gasteiger charge is 2.19. The van der Waals surface area contributed by atoms with E-state index in [-0.39, 0.29) is 0 Å². The van der Waals surface area contributed by atoms with Crippen LogP contribution in [0.5, 0.6) is 0 Å². The molecule has 0 bridgehead atoms. The molecule has 2 heterocycles. The Labute approximate surface area is 165 Å². The summed E-state index contributed by atoms with van der Waals surface area (Å²) >= 11 is 1.83. The molecule has 0 N–H and O–H groups in total. The molecule has 0 amide bonds. The lowest BCUT2D eigenvalue weighted by Gasteiger charge is -2.36.